The summed E-state index contributed by atoms with van der Waals surface area (Å²) in [7, 11) is 0. The van der Waals surface area contributed by atoms with Gasteiger partial charge in [-0.15, -0.1) is 5.06 Å². The molecule has 1 saturated heterocycles. The summed E-state index contributed by atoms with van der Waals surface area (Å²) in [6, 6.07) is 11.6. The van der Waals surface area contributed by atoms with E-state index in [1.807, 2.05) is 0 Å². The number of hydrogen-bond acceptors (Lipinski definition) is 8. The van der Waals surface area contributed by atoms with Crippen molar-refractivity contribution in [2.24, 2.45) is 0 Å². The summed E-state index contributed by atoms with van der Waals surface area (Å²) in [6.45, 7) is 2.70. The highest BCUT2D eigenvalue weighted by Crippen LogP contribution is 2.36. The zero-order valence-corrected chi connectivity index (χ0v) is 22.0. The highest BCUT2D eigenvalue weighted by Gasteiger charge is 2.44. The van der Waals surface area contributed by atoms with Crippen LogP contribution in [0.15, 0.2) is 48.7 Å². The lowest BCUT2D eigenvalue weighted by molar-refractivity contribution is -0.199. The summed E-state index contributed by atoms with van der Waals surface area (Å²) in [4.78, 5) is 37.9. The number of alkyl halides is 3. The quantitative estimate of drug-likeness (QED) is 0.269. The van der Waals surface area contributed by atoms with Crippen LogP contribution in [0.25, 0.3) is 28.0 Å². The minimum absolute atomic E-state index is 0.102. The number of halogens is 4. The number of rotatable bonds is 4. The second kappa shape index (κ2) is 11.0. The molecule has 1 atom stereocenters. The van der Waals surface area contributed by atoms with Crippen LogP contribution in [0.4, 0.5) is 23.8 Å². The summed E-state index contributed by atoms with van der Waals surface area (Å²) in [5.74, 6) is -3.01. The molecule has 11 nitrogen and oxygen atoms in total. The van der Waals surface area contributed by atoms with Crippen molar-refractivity contribution in [1.29, 1.82) is 5.26 Å². The number of urea groups is 1. The largest absolute Gasteiger partial charge is 0.493 e. The van der Waals surface area contributed by atoms with Crippen molar-refractivity contribution < 1.29 is 27.6 Å². The number of hydrogen-bond donors (Lipinski definition) is 2. The Morgan fingerprint density at radius 3 is 2.71 bits per heavy atom. The van der Waals surface area contributed by atoms with Crippen molar-refractivity contribution in [1.82, 2.24) is 30.2 Å². The second-order valence-electron chi connectivity index (χ2n) is 9.10. The summed E-state index contributed by atoms with van der Waals surface area (Å²) in [6.07, 6.45) is -3.49. The maximum absolute atomic E-state index is 13.1. The lowest BCUT2D eigenvalue weighted by Crippen LogP contribution is -2.48. The van der Waals surface area contributed by atoms with Crippen LogP contribution in [0.5, 0.6) is 0 Å². The molecule has 3 aromatic heterocycles. The van der Waals surface area contributed by atoms with Gasteiger partial charge in [0, 0.05) is 36.1 Å². The van der Waals surface area contributed by atoms with Gasteiger partial charge in [0.25, 0.3) is 0 Å². The molecular formula is C26H20ClF3N8O3. The fourth-order valence-corrected chi connectivity index (χ4v) is 4.60. The number of nitrogens with zero attached hydrogens (tertiary/aromatic N) is 6. The van der Waals surface area contributed by atoms with Gasteiger partial charge in [0.05, 0.1) is 17.2 Å². The number of nitrogens with one attached hydrogen (secondary N) is 2. The van der Waals surface area contributed by atoms with Crippen LogP contribution >= 0.6 is 11.6 Å². The van der Waals surface area contributed by atoms with E-state index >= 15 is 0 Å². The number of hydroxylamine groups is 1. The van der Waals surface area contributed by atoms with Crippen LogP contribution in [0, 0.1) is 18.3 Å². The van der Waals surface area contributed by atoms with Gasteiger partial charge in [0.15, 0.2) is 11.5 Å². The fraction of sp³-hybridized carbons (Fsp3) is 0.231. The summed E-state index contributed by atoms with van der Waals surface area (Å²) in [5.41, 5.74) is 2.84. The number of benzene rings is 1. The maximum atomic E-state index is 13.1. The predicted molar refractivity (Wildman–Crippen MR) is 141 cm³/mol. The molecule has 2 N–H and O–H groups in total. The van der Waals surface area contributed by atoms with E-state index < -0.39 is 30.0 Å². The molecule has 1 aliphatic rings. The molecule has 0 aliphatic carbocycles. The Bertz CT molecular complexity index is 1680. The third-order valence-corrected chi connectivity index (χ3v) is 6.33. The number of fused-ring (bicyclic) bond motifs is 1. The number of nitriles is 1. The minimum atomic E-state index is -5.37. The SMILES string of the molecule is Cc1cc(-c2c(-c3cccc(C#N)c3)nn3ccc(N(OC(=O)C(F)(F)F)C(=O)N[C@H]4CCNC4)nc23)cc(Cl)n1. The van der Waals surface area contributed by atoms with Crippen molar-refractivity contribution in [2.75, 3.05) is 18.2 Å². The molecule has 0 unspecified atom stereocenters. The topological polar surface area (TPSA) is 138 Å². The third-order valence-electron chi connectivity index (χ3n) is 6.13. The van der Waals surface area contributed by atoms with Crippen LogP contribution in [-0.4, -0.2) is 56.9 Å². The molecule has 5 rings (SSSR count). The monoisotopic (exact) mass is 584 g/mol. The average molecular weight is 585 g/mol. The molecule has 4 aromatic rings. The first kappa shape index (κ1) is 27.8. The van der Waals surface area contributed by atoms with E-state index in [1.165, 1.54) is 16.8 Å². The van der Waals surface area contributed by atoms with Gasteiger partial charge < -0.3 is 15.5 Å². The van der Waals surface area contributed by atoms with E-state index in [0.717, 1.165) is 0 Å². The molecule has 0 spiro atoms. The Hall–Kier alpha value is -4.74. The number of pyridine rings is 1. The second-order valence-corrected chi connectivity index (χ2v) is 9.49. The zero-order chi connectivity index (χ0) is 29.3. The van der Waals surface area contributed by atoms with Gasteiger partial charge in [-0.2, -0.15) is 23.5 Å². The van der Waals surface area contributed by atoms with Crippen LogP contribution in [0.1, 0.15) is 17.7 Å². The van der Waals surface area contributed by atoms with Crippen molar-refractivity contribution in [3.8, 4) is 28.5 Å². The van der Waals surface area contributed by atoms with Gasteiger partial charge in [0.1, 0.15) is 10.8 Å². The third kappa shape index (κ3) is 5.91. The van der Waals surface area contributed by atoms with Gasteiger partial charge in [-0.1, -0.05) is 23.7 Å². The van der Waals surface area contributed by atoms with Gasteiger partial charge in [-0.25, -0.2) is 24.1 Å². The molecular weight excluding hydrogens is 565 g/mol. The van der Waals surface area contributed by atoms with E-state index in [2.05, 4.69) is 36.6 Å². The van der Waals surface area contributed by atoms with E-state index in [9.17, 15) is 28.0 Å². The van der Waals surface area contributed by atoms with Crippen molar-refractivity contribution >= 4 is 35.1 Å². The van der Waals surface area contributed by atoms with E-state index in [0.29, 0.717) is 53.2 Å². The normalized spacial score (nSPS) is 15.0. The molecule has 2 amide bonds. The first-order valence-electron chi connectivity index (χ1n) is 12.2. The highest BCUT2D eigenvalue weighted by molar-refractivity contribution is 6.29. The van der Waals surface area contributed by atoms with Gasteiger partial charge in [0.2, 0.25) is 0 Å². The number of carbonyl (C=O) groups excluding carboxylic acids is 2. The van der Waals surface area contributed by atoms with Crippen molar-refractivity contribution in [3.63, 3.8) is 0 Å². The molecule has 210 valence electrons. The lowest BCUT2D eigenvalue weighted by atomic mass is 10.00. The first-order chi connectivity index (χ1) is 19.5. The minimum Gasteiger partial charge on any atom is -0.331 e. The Morgan fingerprint density at radius 2 is 2.02 bits per heavy atom. The molecule has 0 radical (unpaired) electrons. The summed E-state index contributed by atoms with van der Waals surface area (Å²) in [5, 5.41) is 19.9. The molecule has 0 bridgehead atoms. The first-order valence-corrected chi connectivity index (χ1v) is 12.6. The van der Waals surface area contributed by atoms with Crippen LogP contribution in [0.3, 0.4) is 0 Å². The predicted octanol–water partition coefficient (Wildman–Crippen LogP) is 4.19. The Balaban J connectivity index is 1.68. The number of aryl methyl sites for hydroxylation is 1. The highest BCUT2D eigenvalue weighted by atomic mass is 35.5. The Labute approximate surface area is 235 Å². The summed E-state index contributed by atoms with van der Waals surface area (Å²) >= 11 is 6.24. The standard InChI is InChI=1S/C26H20ClF3N8O3/c1-14-9-17(11-19(27)33-14)21-22(16-4-2-3-15(10-16)12-31)36-37-8-6-20(35-23(21)37)38(41-24(39)26(28,29)30)25(40)34-18-5-7-32-13-18/h2-4,6,8-11,18,32H,5,7,13H2,1H3,(H,34,40)/t18-/m0/s1. The number of anilines is 1. The van der Waals surface area contributed by atoms with Gasteiger partial charge in [-0.05, 0) is 49.7 Å². The molecule has 4 heterocycles. The Morgan fingerprint density at radius 1 is 1.22 bits per heavy atom. The zero-order valence-electron chi connectivity index (χ0n) is 21.2. The van der Waals surface area contributed by atoms with Crippen LogP contribution in [-0.2, 0) is 9.63 Å². The molecule has 1 fully saturated rings. The number of carbonyl (C=O) groups is 2. The Kier molecular flexibility index (Phi) is 7.48. The molecule has 15 heteroatoms. The smallest absolute Gasteiger partial charge is 0.331 e. The van der Waals surface area contributed by atoms with Crippen molar-refractivity contribution in [3.05, 3.63) is 65.1 Å². The molecule has 41 heavy (non-hydrogen) atoms. The summed E-state index contributed by atoms with van der Waals surface area (Å²) < 4.78 is 40.8. The van der Waals surface area contributed by atoms with Gasteiger partial charge in [-0.3, -0.25) is 0 Å². The fourth-order valence-electron chi connectivity index (χ4n) is 4.35. The van der Waals surface area contributed by atoms with Crippen LogP contribution < -0.4 is 15.7 Å². The number of amides is 2. The van der Waals surface area contributed by atoms with Crippen molar-refractivity contribution in [2.45, 2.75) is 25.6 Å². The van der Waals surface area contributed by atoms with Gasteiger partial charge >= 0.3 is 18.2 Å². The maximum Gasteiger partial charge on any atom is 0.493 e. The van der Waals surface area contributed by atoms with E-state index in [1.54, 1.807) is 43.3 Å². The lowest BCUT2D eigenvalue weighted by Gasteiger charge is -2.23. The van der Waals surface area contributed by atoms with E-state index in [4.69, 9.17) is 11.6 Å². The van der Waals surface area contributed by atoms with Crippen LogP contribution in [0.2, 0.25) is 5.15 Å². The van der Waals surface area contributed by atoms with E-state index in [-0.39, 0.29) is 15.9 Å². The molecule has 1 aromatic carbocycles. The average Bonchev–Trinajstić information content (AvgIpc) is 3.57. The molecule has 1 aliphatic heterocycles. The number of aromatic nitrogens is 4. The molecule has 0 saturated carbocycles.